The van der Waals surface area contributed by atoms with Gasteiger partial charge in [0.25, 0.3) is 0 Å². The van der Waals surface area contributed by atoms with E-state index >= 15 is 0 Å². The summed E-state index contributed by atoms with van der Waals surface area (Å²) >= 11 is 2.78. The van der Waals surface area contributed by atoms with E-state index in [1.165, 1.54) is 0 Å². The number of pyridine rings is 1. The number of carbonyl (C=O) groups is 1. The summed E-state index contributed by atoms with van der Waals surface area (Å²) in [4.78, 5) is 17.9. The van der Waals surface area contributed by atoms with Crippen molar-refractivity contribution >= 4 is 29.1 Å². The lowest BCUT2D eigenvalue weighted by Crippen LogP contribution is -2.13. The lowest BCUT2D eigenvalue weighted by molar-refractivity contribution is -0.136. The number of rotatable bonds is 5. The molecule has 6 heteroatoms. The fourth-order valence-electron chi connectivity index (χ4n) is 3.61. The molecule has 2 aromatic heterocycles. The molecule has 0 amide bonds. The van der Waals surface area contributed by atoms with Crippen LogP contribution in [0.25, 0.3) is 10.6 Å². The molecular weight excluding hydrogens is 388 g/mol. The second-order valence-electron chi connectivity index (χ2n) is 6.64. The zero-order chi connectivity index (χ0) is 19.5. The van der Waals surface area contributed by atoms with Crippen LogP contribution in [0.15, 0.2) is 52.9 Å². The minimum atomic E-state index is -0.933. The van der Waals surface area contributed by atoms with Crippen molar-refractivity contribution < 1.29 is 9.90 Å². The number of carboxylic acids is 1. The highest BCUT2D eigenvalue weighted by Crippen LogP contribution is 2.42. The van der Waals surface area contributed by atoms with Gasteiger partial charge in [0.2, 0.25) is 0 Å². The Labute approximate surface area is 171 Å². The van der Waals surface area contributed by atoms with Gasteiger partial charge in [-0.1, -0.05) is 48.2 Å². The average molecular weight is 407 g/mol. The number of aromatic nitrogens is 1. The van der Waals surface area contributed by atoms with Gasteiger partial charge in [-0.15, -0.1) is 11.3 Å². The van der Waals surface area contributed by atoms with Crippen LogP contribution in [0.3, 0.4) is 0 Å². The minimum Gasteiger partial charge on any atom is -0.480 e. The van der Waals surface area contributed by atoms with Gasteiger partial charge in [0.05, 0.1) is 16.1 Å². The van der Waals surface area contributed by atoms with Crippen molar-refractivity contribution in [3.8, 4) is 16.6 Å². The monoisotopic (exact) mass is 406 g/mol. The van der Waals surface area contributed by atoms with Crippen molar-refractivity contribution in [2.45, 2.75) is 36.0 Å². The molecule has 4 rings (SSSR count). The second kappa shape index (κ2) is 8.17. The highest BCUT2D eigenvalue weighted by atomic mass is 32.2. The van der Waals surface area contributed by atoms with Gasteiger partial charge in [0, 0.05) is 0 Å². The molecule has 0 saturated carbocycles. The van der Waals surface area contributed by atoms with Crippen LogP contribution >= 0.6 is 23.1 Å². The van der Waals surface area contributed by atoms with Crippen LogP contribution in [0.4, 0.5) is 0 Å². The minimum absolute atomic E-state index is 0.516. The summed E-state index contributed by atoms with van der Waals surface area (Å²) in [5.41, 5.74) is 4.35. The molecular formula is C22H18N2O2S2. The SMILES string of the molecule is N#Cc1c(SC(C(=O)O)c2ccccc2)nc(-c2cccs2)c2c1CCCC2. The van der Waals surface area contributed by atoms with E-state index in [2.05, 4.69) is 6.07 Å². The molecule has 0 aliphatic heterocycles. The summed E-state index contributed by atoms with van der Waals surface area (Å²) in [6.07, 6.45) is 3.89. The first-order chi connectivity index (χ1) is 13.7. The molecule has 1 N–H and O–H groups in total. The average Bonchev–Trinajstić information content (AvgIpc) is 3.26. The van der Waals surface area contributed by atoms with Crippen molar-refractivity contribution in [2.24, 2.45) is 0 Å². The topological polar surface area (TPSA) is 74.0 Å². The first kappa shape index (κ1) is 18.7. The standard InChI is InChI=1S/C22H18N2O2S2/c23-13-17-15-9-4-5-10-16(15)19(18-11-6-12-27-18)24-21(17)28-20(22(25)26)14-7-2-1-3-8-14/h1-3,6-8,11-12,20H,4-5,9-10H2,(H,25,26). The zero-order valence-corrected chi connectivity index (χ0v) is 16.7. The molecule has 0 radical (unpaired) electrons. The number of thioether (sulfide) groups is 1. The molecule has 140 valence electrons. The Morgan fingerprint density at radius 3 is 2.54 bits per heavy atom. The number of nitriles is 1. The van der Waals surface area contributed by atoms with Crippen LogP contribution in [0.2, 0.25) is 0 Å². The molecule has 3 aromatic rings. The van der Waals surface area contributed by atoms with Crippen LogP contribution in [-0.2, 0) is 17.6 Å². The van der Waals surface area contributed by atoms with E-state index in [0.717, 1.165) is 59.1 Å². The third kappa shape index (κ3) is 3.56. The normalized spacial score (nSPS) is 14.1. The Bertz CT molecular complexity index is 1040. The van der Waals surface area contributed by atoms with Crippen LogP contribution in [-0.4, -0.2) is 16.1 Å². The fourth-order valence-corrected chi connectivity index (χ4v) is 5.40. The Hall–Kier alpha value is -2.62. The summed E-state index contributed by atoms with van der Waals surface area (Å²) in [5, 5.41) is 21.4. The molecule has 1 aromatic carbocycles. The predicted molar refractivity (Wildman–Crippen MR) is 112 cm³/mol. The molecule has 0 saturated heterocycles. The van der Waals surface area contributed by atoms with Gasteiger partial charge in [-0.05, 0) is 53.8 Å². The van der Waals surface area contributed by atoms with Gasteiger partial charge in [0.1, 0.15) is 16.3 Å². The summed E-state index contributed by atoms with van der Waals surface area (Å²) in [5.74, 6) is -0.933. The molecule has 1 atom stereocenters. The maximum atomic E-state index is 12.0. The van der Waals surface area contributed by atoms with Crippen LogP contribution < -0.4 is 0 Å². The molecule has 2 heterocycles. The van der Waals surface area contributed by atoms with E-state index < -0.39 is 11.2 Å². The smallest absolute Gasteiger partial charge is 0.321 e. The quantitative estimate of drug-likeness (QED) is 0.568. The maximum Gasteiger partial charge on any atom is 0.321 e. The van der Waals surface area contributed by atoms with Crippen LogP contribution in [0, 0.1) is 11.3 Å². The number of fused-ring (bicyclic) bond motifs is 1. The number of hydrogen-bond donors (Lipinski definition) is 1. The number of aliphatic carboxylic acids is 1. The number of benzene rings is 1. The first-order valence-corrected chi connectivity index (χ1v) is 10.9. The summed E-state index contributed by atoms with van der Waals surface area (Å²) < 4.78 is 0. The largest absolute Gasteiger partial charge is 0.480 e. The van der Waals surface area contributed by atoms with Crippen molar-refractivity contribution in [3.05, 3.63) is 70.1 Å². The molecule has 0 spiro atoms. The molecule has 0 bridgehead atoms. The number of carboxylic acid groups (broad SMARTS) is 1. The first-order valence-electron chi connectivity index (χ1n) is 9.13. The third-order valence-electron chi connectivity index (χ3n) is 4.91. The summed E-state index contributed by atoms with van der Waals surface area (Å²) in [6.45, 7) is 0. The summed E-state index contributed by atoms with van der Waals surface area (Å²) in [7, 11) is 0. The van der Waals surface area contributed by atoms with Gasteiger partial charge in [-0.2, -0.15) is 5.26 Å². The third-order valence-corrected chi connectivity index (χ3v) is 7.01. The maximum absolute atomic E-state index is 12.0. The lowest BCUT2D eigenvalue weighted by atomic mass is 9.88. The molecule has 4 nitrogen and oxygen atoms in total. The number of hydrogen-bond acceptors (Lipinski definition) is 5. The predicted octanol–water partition coefficient (Wildman–Crippen LogP) is 5.48. The van der Waals surface area contributed by atoms with Crippen molar-refractivity contribution in [3.63, 3.8) is 0 Å². The Balaban J connectivity index is 1.85. The van der Waals surface area contributed by atoms with Crippen molar-refractivity contribution in [1.82, 2.24) is 4.98 Å². The molecule has 1 aliphatic rings. The Morgan fingerprint density at radius 1 is 1.14 bits per heavy atom. The van der Waals surface area contributed by atoms with Gasteiger partial charge in [-0.25, -0.2) is 4.98 Å². The molecule has 28 heavy (non-hydrogen) atoms. The van der Waals surface area contributed by atoms with E-state index in [4.69, 9.17) is 4.98 Å². The molecule has 1 unspecified atom stereocenters. The van der Waals surface area contributed by atoms with Gasteiger partial charge in [0.15, 0.2) is 0 Å². The van der Waals surface area contributed by atoms with Crippen molar-refractivity contribution in [2.75, 3.05) is 0 Å². The van der Waals surface area contributed by atoms with E-state index in [-0.39, 0.29) is 0 Å². The van der Waals surface area contributed by atoms with E-state index in [0.29, 0.717) is 16.2 Å². The van der Waals surface area contributed by atoms with E-state index in [9.17, 15) is 15.2 Å². The Morgan fingerprint density at radius 2 is 1.89 bits per heavy atom. The summed E-state index contributed by atoms with van der Waals surface area (Å²) in [6, 6.07) is 15.5. The highest BCUT2D eigenvalue weighted by molar-refractivity contribution is 8.00. The number of thiophene rings is 1. The second-order valence-corrected chi connectivity index (χ2v) is 8.68. The van der Waals surface area contributed by atoms with Crippen LogP contribution in [0.5, 0.6) is 0 Å². The fraction of sp³-hybridized carbons (Fsp3) is 0.227. The van der Waals surface area contributed by atoms with E-state index in [1.54, 1.807) is 23.5 Å². The number of nitrogens with zero attached hydrogens (tertiary/aromatic N) is 2. The molecule has 0 fully saturated rings. The van der Waals surface area contributed by atoms with Crippen molar-refractivity contribution in [1.29, 1.82) is 5.26 Å². The highest BCUT2D eigenvalue weighted by Gasteiger charge is 2.28. The van der Waals surface area contributed by atoms with Gasteiger partial charge >= 0.3 is 5.97 Å². The van der Waals surface area contributed by atoms with Gasteiger partial charge < -0.3 is 5.11 Å². The molecule has 1 aliphatic carbocycles. The zero-order valence-electron chi connectivity index (χ0n) is 15.1. The van der Waals surface area contributed by atoms with Gasteiger partial charge in [-0.3, -0.25) is 4.79 Å². The Kier molecular flexibility index (Phi) is 5.47. The van der Waals surface area contributed by atoms with E-state index in [1.807, 2.05) is 35.7 Å². The van der Waals surface area contributed by atoms with Crippen LogP contribution in [0.1, 0.15) is 40.3 Å². The lowest BCUT2D eigenvalue weighted by Gasteiger charge is -2.22.